The zero-order valence-electron chi connectivity index (χ0n) is 17.0. The molecule has 4 rings (SSSR count). The molecule has 30 heavy (non-hydrogen) atoms. The van der Waals surface area contributed by atoms with Crippen LogP contribution >= 0.6 is 11.6 Å². The predicted octanol–water partition coefficient (Wildman–Crippen LogP) is 3.59. The number of halogens is 2. The molecule has 1 amide bonds. The molecular formula is C22H24ClFN4O2. The number of hydrogen-bond acceptors (Lipinski definition) is 3. The highest BCUT2D eigenvalue weighted by Gasteiger charge is 2.27. The van der Waals surface area contributed by atoms with Crippen molar-refractivity contribution in [3.63, 3.8) is 0 Å². The average molecular weight is 431 g/mol. The number of imidazole rings is 1. The van der Waals surface area contributed by atoms with Crippen LogP contribution < -0.4 is 10.6 Å². The second-order valence-corrected chi connectivity index (χ2v) is 8.42. The molecule has 0 spiro atoms. The maximum Gasteiger partial charge on any atom is 0.326 e. The molecule has 0 unspecified atom stereocenters. The summed E-state index contributed by atoms with van der Waals surface area (Å²) in [5.74, 6) is -0.548. The fourth-order valence-corrected chi connectivity index (χ4v) is 4.40. The van der Waals surface area contributed by atoms with Crippen LogP contribution in [0.15, 0.2) is 41.2 Å². The Hall–Kier alpha value is -2.80. The molecule has 6 nitrogen and oxygen atoms in total. The predicted molar refractivity (Wildman–Crippen MR) is 117 cm³/mol. The monoisotopic (exact) mass is 430 g/mol. The Kier molecular flexibility index (Phi) is 5.56. The number of piperidine rings is 1. The third-order valence-electron chi connectivity index (χ3n) is 5.61. The van der Waals surface area contributed by atoms with Crippen LogP contribution in [0.1, 0.15) is 24.4 Å². The van der Waals surface area contributed by atoms with Gasteiger partial charge in [0.25, 0.3) is 0 Å². The summed E-state index contributed by atoms with van der Waals surface area (Å²) in [6.45, 7) is 1.07. The molecule has 8 heteroatoms. The molecule has 1 N–H and O–H groups in total. The first-order chi connectivity index (χ1) is 14.3. The van der Waals surface area contributed by atoms with Gasteiger partial charge in [0.2, 0.25) is 5.91 Å². The van der Waals surface area contributed by atoms with Gasteiger partial charge in [-0.05, 0) is 54.8 Å². The van der Waals surface area contributed by atoms with Gasteiger partial charge < -0.3 is 14.8 Å². The van der Waals surface area contributed by atoms with E-state index in [0.29, 0.717) is 18.7 Å². The second kappa shape index (κ2) is 8.14. The summed E-state index contributed by atoms with van der Waals surface area (Å²) in [5.41, 5.74) is 3.00. The second-order valence-electron chi connectivity index (χ2n) is 7.99. The van der Waals surface area contributed by atoms with Crippen LogP contribution in [0.5, 0.6) is 0 Å². The zero-order chi connectivity index (χ0) is 21.4. The third kappa shape index (κ3) is 4.07. The summed E-state index contributed by atoms with van der Waals surface area (Å²) in [6.07, 6.45) is 1.70. The molecule has 0 radical (unpaired) electrons. The van der Waals surface area contributed by atoms with E-state index < -0.39 is 5.82 Å². The lowest BCUT2D eigenvalue weighted by molar-refractivity contribution is -0.132. The Bertz CT molecular complexity index is 1130. The minimum absolute atomic E-state index is 0.0825. The summed E-state index contributed by atoms with van der Waals surface area (Å²) in [7, 11) is 3.90. The number of likely N-dealkylation sites (tertiary alicyclic amines) is 1. The molecule has 1 fully saturated rings. The standard InChI is InChI=1S/C22H24ClFN4O2/c1-26(2)17-5-6-20-19(12-17)25-22(30)28(20)18-4-3-7-27(13-18)21(29)10-14-8-15(23)11-16(24)9-14/h5-6,8-9,11-12,18H,3-4,7,10,13H2,1-2H3,(H,25,30)/t18-/m0/s1. The first-order valence-electron chi connectivity index (χ1n) is 9.96. The number of amides is 1. The molecule has 0 bridgehead atoms. The van der Waals surface area contributed by atoms with E-state index in [9.17, 15) is 14.0 Å². The van der Waals surface area contributed by atoms with E-state index in [4.69, 9.17) is 11.6 Å². The molecule has 2 aromatic carbocycles. The topological polar surface area (TPSA) is 61.3 Å². The number of hydrogen-bond donors (Lipinski definition) is 1. The van der Waals surface area contributed by atoms with Crippen LogP contribution in [0.3, 0.4) is 0 Å². The van der Waals surface area contributed by atoms with Gasteiger partial charge in [0.05, 0.1) is 23.5 Å². The van der Waals surface area contributed by atoms with Crippen LogP contribution in [0, 0.1) is 5.82 Å². The number of nitrogens with one attached hydrogen (secondary N) is 1. The quantitative estimate of drug-likeness (QED) is 0.688. The summed E-state index contributed by atoms with van der Waals surface area (Å²) in [6, 6.07) is 9.92. The highest BCUT2D eigenvalue weighted by Crippen LogP contribution is 2.26. The molecular weight excluding hydrogens is 407 g/mol. The largest absolute Gasteiger partial charge is 0.378 e. The van der Waals surface area contributed by atoms with Crippen molar-refractivity contribution in [1.82, 2.24) is 14.5 Å². The summed E-state index contributed by atoms with van der Waals surface area (Å²) < 4.78 is 15.3. The molecule has 0 saturated carbocycles. The van der Waals surface area contributed by atoms with Gasteiger partial charge in [-0.1, -0.05) is 11.6 Å². The first kappa shape index (κ1) is 20.5. The Morgan fingerprint density at radius 1 is 1.27 bits per heavy atom. The molecule has 1 atom stereocenters. The number of nitrogens with zero attached hydrogens (tertiary/aromatic N) is 3. The van der Waals surface area contributed by atoms with Crippen LogP contribution in [0.4, 0.5) is 10.1 Å². The van der Waals surface area contributed by atoms with Crippen LogP contribution in [0.25, 0.3) is 11.0 Å². The van der Waals surface area contributed by atoms with Crippen molar-refractivity contribution in [2.24, 2.45) is 0 Å². The Balaban J connectivity index is 1.56. The number of benzene rings is 2. The van der Waals surface area contributed by atoms with Crippen LogP contribution in [0.2, 0.25) is 5.02 Å². The van der Waals surface area contributed by atoms with Gasteiger partial charge in [0.15, 0.2) is 0 Å². The van der Waals surface area contributed by atoms with Crippen LogP contribution in [-0.4, -0.2) is 47.5 Å². The lowest BCUT2D eigenvalue weighted by Crippen LogP contribution is -2.43. The van der Waals surface area contributed by atoms with E-state index in [1.165, 1.54) is 12.1 Å². The summed E-state index contributed by atoms with van der Waals surface area (Å²) >= 11 is 5.90. The summed E-state index contributed by atoms with van der Waals surface area (Å²) in [5, 5.41) is 0.275. The molecule has 3 aromatic rings. The molecule has 158 valence electrons. The van der Waals surface area contributed by atoms with Crippen molar-refractivity contribution in [3.05, 3.63) is 63.3 Å². The fourth-order valence-electron chi connectivity index (χ4n) is 4.15. The van der Waals surface area contributed by atoms with Crippen molar-refractivity contribution in [3.8, 4) is 0 Å². The average Bonchev–Trinajstić information content (AvgIpc) is 3.02. The number of rotatable bonds is 4. The SMILES string of the molecule is CN(C)c1ccc2c(c1)[nH]c(=O)n2[C@H]1CCCN(C(=O)Cc2cc(F)cc(Cl)c2)C1. The highest BCUT2D eigenvalue weighted by molar-refractivity contribution is 6.30. The maximum absolute atomic E-state index is 13.6. The molecule has 0 aliphatic carbocycles. The zero-order valence-corrected chi connectivity index (χ0v) is 17.7. The smallest absolute Gasteiger partial charge is 0.326 e. The van der Waals surface area contributed by atoms with Gasteiger partial charge in [-0.25, -0.2) is 9.18 Å². The molecule has 1 aromatic heterocycles. The van der Waals surface area contributed by atoms with Gasteiger partial charge in [-0.2, -0.15) is 0 Å². The van der Waals surface area contributed by atoms with Crippen LogP contribution in [-0.2, 0) is 11.2 Å². The lowest BCUT2D eigenvalue weighted by Gasteiger charge is -2.33. The van der Waals surface area contributed by atoms with E-state index in [1.54, 1.807) is 15.5 Å². The Labute approximate surface area is 178 Å². The highest BCUT2D eigenvalue weighted by atomic mass is 35.5. The van der Waals surface area contributed by atoms with E-state index in [2.05, 4.69) is 4.98 Å². The van der Waals surface area contributed by atoms with Gasteiger partial charge in [0, 0.05) is 37.9 Å². The van der Waals surface area contributed by atoms with E-state index in [1.807, 2.05) is 37.2 Å². The maximum atomic E-state index is 13.6. The lowest BCUT2D eigenvalue weighted by atomic mass is 10.0. The minimum atomic E-state index is -0.454. The number of carbonyl (C=O) groups excluding carboxylic acids is 1. The number of anilines is 1. The third-order valence-corrected chi connectivity index (χ3v) is 5.83. The Morgan fingerprint density at radius 2 is 2.07 bits per heavy atom. The number of carbonyl (C=O) groups is 1. The van der Waals surface area contributed by atoms with Gasteiger partial charge in [-0.15, -0.1) is 0 Å². The number of H-pyrrole nitrogens is 1. The molecule has 1 aliphatic rings. The molecule has 1 aliphatic heterocycles. The first-order valence-corrected chi connectivity index (χ1v) is 10.3. The number of aromatic amines is 1. The van der Waals surface area contributed by atoms with E-state index in [0.717, 1.165) is 29.6 Å². The molecule has 2 heterocycles. The fraction of sp³-hybridized carbons (Fsp3) is 0.364. The van der Waals surface area contributed by atoms with Gasteiger partial charge in [0.1, 0.15) is 5.82 Å². The van der Waals surface area contributed by atoms with Crippen molar-refractivity contribution in [2.75, 3.05) is 32.1 Å². The van der Waals surface area contributed by atoms with Crippen molar-refractivity contribution >= 4 is 34.2 Å². The molecule has 1 saturated heterocycles. The number of fused-ring (bicyclic) bond motifs is 1. The van der Waals surface area contributed by atoms with Gasteiger partial charge in [-0.3, -0.25) is 9.36 Å². The van der Waals surface area contributed by atoms with Crippen molar-refractivity contribution in [1.29, 1.82) is 0 Å². The Morgan fingerprint density at radius 3 is 2.80 bits per heavy atom. The van der Waals surface area contributed by atoms with Gasteiger partial charge >= 0.3 is 5.69 Å². The van der Waals surface area contributed by atoms with E-state index in [-0.39, 0.29) is 29.1 Å². The normalized spacial score (nSPS) is 16.8. The van der Waals surface area contributed by atoms with Crippen molar-refractivity contribution in [2.45, 2.75) is 25.3 Å². The summed E-state index contributed by atoms with van der Waals surface area (Å²) in [4.78, 5) is 32.2. The number of aromatic nitrogens is 2. The minimum Gasteiger partial charge on any atom is -0.378 e. The van der Waals surface area contributed by atoms with E-state index >= 15 is 0 Å². The van der Waals surface area contributed by atoms with Crippen molar-refractivity contribution < 1.29 is 9.18 Å².